The number of benzene rings is 1. The lowest BCUT2D eigenvalue weighted by atomic mass is 10.1. The van der Waals surface area contributed by atoms with E-state index in [1.807, 2.05) is 16.8 Å². The van der Waals surface area contributed by atoms with E-state index in [-0.39, 0.29) is 5.69 Å². The fraction of sp³-hybridized carbons (Fsp3) is 0.154. The second kappa shape index (κ2) is 5.27. The number of non-ortho nitro benzene ring substituents is 1. The maximum absolute atomic E-state index is 10.7. The van der Waals surface area contributed by atoms with E-state index in [0.717, 1.165) is 18.3 Å². The van der Waals surface area contributed by atoms with E-state index in [9.17, 15) is 14.9 Å². The van der Waals surface area contributed by atoms with Crippen molar-refractivity contribution in [3.8, 4) is 0 Å². The van der Waals surface area contributed by atoms with Crippen molar-refractivity contribution in [1.29, 1.82) is 0 Å². The van der Waals surface area contributed by atoms with Gasteiger partial charge >= 0.3 is 0 Å². The Labute approximate surface area is 104 Å². The first-order valence-electron chi connectivity index (χ1n) is 5.54. The fourth-order valence-corrected chi connectivity index (χ4v) is 1.77. The zero-order valence-electron chi connectivity index (χ0n) is 9.65. The van der Waals surface area contributed by atoms with E-state index in [0.29, 0.717) is 12.2 Å². The normalized spacial score (nSPS) is 10.2. The Morgan fingerprint density at radius 2 is 1.94 bits per heavy atom. The van der Waals surface area contributed by atoms with E-state index in [1.54, 1.807) is 18.2 Å². The molecule has 0 atom stereocenters. The first-order valence-corrected chi connectivity index (χ1v) is 5.54. The van der Waals surface area contributed by atoms with Gasteiger partial charge < -0.3 is 4.57 Å². The lowest BCUT2D eigenvalue weighted by Crippen LogP contribution is -2.03. The molecule has 92 valence electrons. The van der Waals surface area contributed by atoms with Crippen LogP contribution >= 0.6 is 0 Å². The average Bonchev–Trinajstić information content (AvgIpc) is 2.84. The highest BCUT2D eigenvalue weighted by Crippen LogP contribution is 2.13. The Kier molecular flexibility index (Phi) is 3.52. The van der Waals surface area contributed by atoms with Gasteiger partial charge in [-0.05, 0) is 24.1 Å². The molecule has 0 aliphatic heterocycles. The second-order valence-electron chi connectivity index (χ2n) is 3.92. The molecule has 1 aromatic heterocycles. The third-order valence-electron chi connectivity index (χ3n) is 2.77. The summed E-state index contributed by atoms with van der Waals surface area (Å²) in [7, 11) is 0. The van der Waals surface area contributed by atoms with Gasteiger partial charge in [0, 0.05) is 24.9 Å². The predicted molar refractivity (Wildman–Crippen MR) is 66.6 cm³/mol. The first kappa shape index (κ1) is 12.0. The number of nitrogens with zero attached hydrogens (tertiary/aromatic N) is 2. The van der Waals surface area contributed by atoms with Crippen LogP contribution < -0.4 is 0 Å². The molecule has 0 saturated carbocycles. The minimum atomic E-state index is -0.416. The molecule has 0 N–H and O–H groups in total. The highest BCUT2D eigenvalue weighted by Gasteiger charge is 2.04. The molecule has 18 heavy (non-hydrogen) atoms. The molecule has 0 fully saturated rings. The molecule has 0 unspecified atom stereocenters. The Balaban J connectivity index is 2.02. The standard InChI is InChI=1S/C13H12N2O3/c16-10-13-2-1-8-14(13)9-7-11-3-5-12(6-4-11)15(17)18/h1-6,8,10H,7,9H2. The molecule has 0 aliphatic rings. The third-order valence-corrected chi connectivity index (χ3v) is 2.77. The van der Waals surface area contributed by atoms with E-state index >= 15 is 0 Å². The monoisotopic (exact) mass is 244 g/mol. The molecule has 0 saturated heterocycles. The fourth-order valence-electron chi connectivity index (χ4n) is 1.77. The SMILES string of the molecule is O=Cc1cccn1CCc1ccc([N+](=O)[O-])cc1. The van der Waals surface area contributed by atoms with Gasteiger partial charge in [-0.25, -0.2) is 0 Å². The molecular formula is C13H12N2O3. The van der Waals surface area contributed by atoms with Crippen LogP contribution in [0.15, 0.2) is 42.6 Å². The van der Waals surface area contributed by atoms with Crippen molar-refractivity contribution >= 4 is 12.0 Å². The van der Waals surface area contributed by atoms with Gasteiger partial charge in [-0.2, -0.15) is 0 Å². The number of rotatable bonds is 5. The molecule has 2 aromatic rings. The van der Waals surface area contributed by atoms with Crippen molar-refractivity contribution in [1.82, 2.24) is 4.57 Å². The third kappa shape index (κ3) is 2.63. The van der Waals surface area contributed by atoms with Crippen LogP contribution in [-0.4, -0.2) is 15.8 Å². The number of carbonyl (C=O) groups is 1. The second-order valence-corrected chi connectivity index (χ2v) is 3.92. The summed E-state index contributed by atoms with van der Waals surface area (Å²) in [4.78, 5) is 20.8. The van der Waals surface area contributed by atoms with E-state index < -0.39 is 4.92 Å². The summed E-state index contributed by atoms with van der Waals surface area (Å²) in [5.41, 5.74) is 1.73. The van der Waals surface area contributed by atoms with Crippen LogP contribution in [0.3, 0.4) is 0 Å². The van der Waals surface area contributed by atoms with Crippen LogP contribution in [0.5, 0.6) is 0 Å². The Hall–Kier alpha value is -2.43. The number of hydrogen-bond donors (Lipinski definition) is 0. The molecule has 0 amide bonds. The van der Waals surface area contributed by atoms with Crippen molar-refractivity contribution in [2.75, 3.05) is 0 Å². The summed E-state index contributed by atoms with van der Waals surface area (Å²) in [6.07, 6.45) is 3.39. The number of nitro groups is 1. The summed E-state index contributed by atoms with van der Waals surface area (Å²) in [6.45, 7) is 0.679. The largest absolute Gasteiger partial charge is 0.345 e. The Morgan fingerprint density at radius 1 is 1.22 bits per heavy atom. The molecule has 5 heteroatoms. The van der Waals surface area contributed by atoms with Crippen molar-refractivity contribution < 1.29 is 9.72 Å². The number of aldehydes is 1. The Morgan fingerprint density at radius 3 is 2.56 bits per heavy atom. The number of hydrogen-bond acceptors (Lipinski definition) is 3. The summed E-state index contributed by atoms with van der Waals surface area (Å²) in [6, 6.07) is 10.0. The zero-order chi connectivity index (χ0) is 13.0. The lowest BCUT2D eigenvalue weighted by molar-refractivity contribution is -0.384. The van der Waals surface area contributed by atoms with Gasteiger partial charge in [0.2, 0.25) is 0 Å². The van der Waals surface area contributed by atoms with Crippen LogP contribution in [0.1, 0.15) is 16.1 Å². The molecular weight excluding hydrogens is 232 g/mol. The molecule has 2 rings (SSSR count). The molecule has 0 radical (unpaired) electrons. The van der Waals surface area contributed by atoms with Gasteiger partial charge in [-0.15, -0.1) is 0 Å². The molecule has 0 aliphatic carbocycles. The maximum Gasteiger partial charge on any atom is 0.269 e. The zero-order valence-corrected chi connectivity index (χ0v) is 9.65. The highest BCUT2D eigenvalue weighted by atomic mass is 16.6. The van der Waals surface area contributed by atoms with Crippen LogP contribution in [0.4, 0.5) is 5.69 Å². The van der Waals surface area contributed by atoms with Crippen molar-refractivity contribution in [2.24, 2.45) is 0 Å². The number of carbonyl (C=O) groups excluding carboxylic acids is 1. The minimum Gasteiger partial charge on any atom is -0.345 e. The first-order chi connectivity index (χ1) is 8.70. The van der Waals surface area contributed by atoms with Gasteiger partial charge in [0.05, 0.1) is 10.6 Å². The predicted octanol–water partition coefficient (Wildman–Crippen LogP) is 2.45. The molecule has 1 aromatic carbocycles. The van der Waals surface area contributed by atoms with Gasteiger partial charge in [0.1, 0.15) is 0 Å². The average molecular weight is 244 g/mol. The maximum atomic E-state index is 10.7. The van der Waals surface area contributed by atoms with Gasteiger partial charge in [-0.1, -0.05) is 12.1 Å². The Bertz CT molecular complexity index is 558. The summed E-state index contributed by atoms with van der Waals surface area (Å²) >= 11 is 0. The van der Waals surface area contributed by atoms with E-state index in [1.165, 1.54) is 12.1 Å². The highest BCUT2D eigenvalue weighted by molar-refractivity contribution is 5.72. The van der Waals surface area contributed by atoms with E-state index in [2.05, 4.69) is 0 Å². The summed E-state index contributed by atoms with van der Waals surface area (Å²) in [5, 5.41) is 10.5. The van der Waals surface area contributed by atoms with E-state index in [4.69, 9.17) is 0 Å². The molecule has 0 spiro atoms. The number of aromatic nitrogens is 1. The van der Waals surface area contributed by atoms with Crippen molar-refractivity contribution in [2.45, 2.75) is 13.0 Å². The van der Waals surface area contributed by atoms with Gasteiger partial charge in [-0.3, -0.25) is 14.9 Å². The number of aryl methyl sites for hydroxylation is 2. The molecule has 5 nitrogen and oxygen atoms in total. The number of nitro benzene ring substituents is 1. The van der Waals surface area contributed by atoms with Crippen LogP contribution in [0.25, 0.3) is 0 Å². The smallest absolute Gasteiger partial charge is 0.269 e. The van der Waals surface area contributed by atoms with Crippen LogP contribution in [-0.2, 0) is 13.0 Å². The van der Waals surface area contributed by atoms with Gasteiger partial charge in [0.25, 0.3) is 5.69 Å². The van der Waals surface area contributed by atoms with Crippen molar-refractivity contribution in [3.63, 3.8) is 0 Å². The van der Waals surface area contributed by atoms with Gasteiger partial charge in [0.15, 0.2) is 6.29 Å². The van der Waals surface area contributed by atoms with Crippen LogP contribution in [0, 0.1) is 10.1 Å². The minimum absolute atomic E-state index is 0.0910. The van der Waals surface area contributed by atoms with Crippen LogP contribution in [0.2, 0.25) is 0 Å². The summed E-state index contributed by atoms with van der Waals surface area (Å²) < 4.78 is 1.86. The molecule has 0 bridgehead atoms. The van der Waals surface area contributed by atoms with Crippen molar-refractivity contribution in [3.05, 3.63) is 64.0 Å². The lowest BCUT2D eigenvalue weighted by Gasteiger charge is -2.05. The quantitative estimate of drug-likeness (QED) is 0.461. The summed E-state index contributed by atoms with van der Waals surface area (Å²) in [5.74, 6) is 0. The molecule has 1 heterocycles. The topological polar surface area (TPSA) is 65.1 Å².